The van der Waals surface area contributed by atoms with Gasteiger partial charge >= 0.3 is 5.69 Å². The van der Waals surface area contributed by atoms with Crippen LogP contribution in [0.3, 0.4) is 0 Å². The molecule has 168 valence electrons. The first kappa shape index (κ1) is 21.8. The van der Waals surface area contributed by atoms with E-state index in [4.69, 9.17) is 5.73 Å². The van der Waals surface area contributed by atoms with Crippen LogP contribution in [0.4, 0.5) is 15.9 Å². The molecule has 3 N–H and O–H groups in total. The van der Waals surface area contributed by atoms with Gasteiger partial charge in [0, 0.05) is 12.7 Å². The number of H-pyrrole nitrogens is 1. The fourth-order valence-corrected chi connectivity index (χ4v) is 3.48. The van der Waals surface area contributed by atoms with Crippen molar-refractivity contribution in [1.82, 2.24) is 19.3 Å². The van der Waals surface area contributed by atoms with Gasteiger partial charge in [0.15, 0.2) is 11.4 Å². The molecule has 9 nitrogen and oxygen atoms in total. The first-order valence-corrected chi connectivity index (χ1v) is 10.2. The van der Waals surface area contributed by atoms with E-state index in [0.29, 0.717) is 5.69 Å². The van der Waals surface area contributed by atoms with E-state index in [2.05, 4.69) is 10.1 Å². The van der Waals surface area contributed by atoms with Gasteiger partial charge in [-0.2, -0.15) is 5.10 Å². The Bertz CT molecular complexity index is 1410. The van der Waals surface area contributed by atoms with Crippen LogP contribution in [-0.2, 0) is 6.54 Å². The van der Waals surface area contributed by atoms with Crippen LogP contribution in [0.25, 0.3) is 5.69 Å². The van der Waals surface area contributed by atoms with Gasteiger partial charge in [-0.05, 0) is 42.8 Å². The summed E-state index contributed by atoms with van der Waals surface area (Å²) in [5, 5.41) is 4.25. The number of aromatic nitrogens is 4. The number of carbonyl (C=O) groups excluding carboxylic acids is 1. The molecule has 4 rings (SSSR count). The van der Waals surface area contributed by atoms with Gasteiger partial charge in [-0.1, -0.05) is 30.3 Å². The third kappa shape index (κ3) is 4.31. The molecule has 1 amide bonds. The summed E-state index contributed by atoms with van der Waals surface area (Å²) in [6.45, 7) is 1.92. The fraction of sp³-hybridized carbons (Fsp3) is 0.130. The molecular formula is C23H21FN6O3. The number of hydrogen-bond donors (Lipinski definition) is 2. The molecule has 10 heteroatoms. The van der Waals surface area contributed by atoms with Crippen molar-refractivity contribution in [3.8, 4) is 5.69 Å². The van der Waals surface area contributed by atoms with E-state index < -0.39 is 17.2 Å². The highest BCUT2D eigenvalue weighted by molar-refractivity contribution is 6.05. The van der Waals surface area contributed by atoms with Crippen molar-refractivity contribution in [3.05, 3.63) is 105 Å². The molecule has 0 radical (unpaired) electrons. The minimum atomic E-state index is -0.769. The minimum Gasteiger partial charge on any atom is -0.383 e. The number of nitrogens with zero attached hydrogens (tertiary/aromatic N) is 4. The average molecular weight is 448 g/mol. The third-order valence-electron chi connectivity index (χ3n) is 5.13. The number of rotatable bonds is 6. The Balaban J connectivity index is 1.71. The number of nitrogen functional groups attached to an aromatic ring is 1. The van der Waals surface area contributed by atoms with Gasteiger partial charge in [0.2, 0.25) is 0 Å². The van der Waals surface area contributed by atoms with Crippen LogP contribution >= 0.6 is 0 Å². The Morgan fingerprint density at radius 2 is 1.79 bits per heavy atom. The smallest absolute Gasteiger partial charge is 0.330 e. The standard InChI is InChI=1S/C23H21FN6O3/c1-2-28(22(32)18-12-13-30(27-18)17-10-8-16(24)9-11-17)19-20(25)29(23(33)26-21(19)31)14-15-6-4-3-5-7-15/h3-13H,2,14,25H2,1H3,(H,26,31,33). The first-order valence-electron chi connectivity index (χ1n) is 10.2. The lowest BCUT2D eigenvalue weighted by atomic mass is 10.2. The van der Waals surface area contributed by atoms with Crippen molar-refractivity contribution >= 4 is 17.4 Å². The highest BCUT2D eigenvalue weighted by Gasteiger charge is 2.25. The van der Waals surface area contributed by atoms with Crippen LogP contribution < -0.4 is 21.9 Å². The molecule has 0 spiro atoms. The second-order valence-electron chi connectivity index (χ2n) is 7.24. The number of amides is 1. The molecule has 0 saturated heterocycles. The van der Waals surface area contributed by atoms with E-state index in [-0.39, 0.29) is 36.1 Å². The topological polar surface area (TPSA) is 119 Å². The fourth-order valence-electron chi connectivity index (χ4n) is 3.48. The Kier molecular flexibility index (Phi) is 5.90. The van der Waals surface area contributed by atoms with Crippen molar-refractivity contribution < 1.29 is 9.18 Å². The highest BCUT2D eigenvalue weighted by Crippen LogP contribution is 2.20. The lowest BCUT2D eigenvalue weighted by molar-refractivity contribution is 0.0982. The molecule has 0 aliphatic rings. The third-order valence-corrected chi connectivity index (χ3v) is 5.13. The zero-order valence-corrected chi connectivity index (χ0v) is 17.7. The van der Waals surface area contributed by atoms with Crippen molar-refractivity contribution in [2.45, 2.75) is 13.5 Å². The summed E-state index contributed by atoms with van der Waals surface area (Å²) in [5.41, 5.74) is 6.07. The van der Waals surface area contributed by atoms with Crippen LogP contribution in [0.1, 0.15) is 23.0 Å². The Labute approximate surface area is 187 Å². The van der Waals surface area contributed by atoms with Gasteiger partial charge in [-0.3, -0.25) is 24.0 Å². The maximum absolute atomic E-state index is 13.2. The maximum atomic E-state index is 13.2. The molecule has 2 aromatic carbocycles. The molecule has 0 fully saturated rings. The van der Waals surface area contributed by atoms with Crippen LogP contribution in [0.5, 0.6) is 0 Å². The van der Waals surface area contributed by atoms with Gasteiger partial charge in [-0.15, -0.1) is 0 Å². The summed E-state index contributed by atoms with van der Waals surface area (Å²) in [5.74, 6) is -1.08. The normalized spacial score (nSPS) is 10.8. The number of anilines is 2. The second kappa shape index (κ2) is 8.95. The summed E-state index contributed by atoms with van der Waals surface area (Å²) in [6, 6.07) is 16.2. The minimum absolute atomic E-state index is 0.0563. The summed E-state index contributed by atoms with van der Waals surface area (Å²) < 4.78 is 15.8. The Hall–Kier alpha value is -4.47. The quantitative estimate of drug-likeness (QED) is 0.469. The number of carbonyl (C=O) groups is 1. The van der Waals surface area contributed by atoms with Gasteiger partial charge in [0.25, 0.3) is 11.5 Å². The second-order valence-corrected chi connectivity index (χ2v) is 7.24. The van der Waals surface area contributed by atoms with Crippen molar-refractivity contribution in [2.24, 2.45) is 0 Å². The van der Waals surface area contributed by atoms with E-state index in [1.54, 1.807) is 13.1 Å². The SMILES string of the molecule is CCN(C(=O)c1ccn(-c2ccc(F)cc2)n1)c1c(N)n(Cc2ccccc2)c(=O)[nH]c1=O. The highest BCUT2D eigenvalue weighted by atomic mass is 19.1. The van der Waals surface area contributed by atoms with Gasteiger partial charge in [-0.25, -0.2) is 13.9 Å². The zero-order chi connectivity index (χ0) is 23.5. The van der Waals surface area contributed by atoms with Crippen molar-refractivity contribution in [3.63, 3.8) is 0 Å². The largest absolute Gasteiger partial charge is 0.383 e. The van der Waals surface area contributed by atoms with Crippen LogP contribution in [0.2, 0.25) is 0 Å². The summed E-state index contributed by atoms with van der Waals surface area (Å²) in [4.78, 5) is 41.7. The lowest BCUT2D eigenvalue weighted by Gasteiger charge is -2.22. The molecule has 2 heterocycles. The van der Waals surface area contributed by atoms with Crippen LogP contribution in [-0.4, -0.2) is 31.8 Å². The summed E-state index contributed by atoms with van der Waals surface area (Å²) in [7, 11) is 0. The van der Waals surface area contributed by atoms with E-state index in [9.17, 15) is 18.8 Å². The van der Waals surface area contributed by atoms with E-state index in [0.717, 1.165) is 5.56 Å². The van der Waals surface area contributed by atoms with Crippen molar-refractivity contribution in [1.29, 1.82) is 0 Å². The number of aromatic amines is 1. The number of nitrogens with one attached hydrogen (secondary N) is 1. The summed E-state index contributed by atoms with van der Waals surface area (Å²) >= 11 is 0. The predicted molar refractivity (Wildman–Crippen MR) is 122 cm³/mol. The number of nitrogens with two attached hydrogens (primary N) is 1. The molecule has 0 saturated carbocycles. The number of benzene rings is 2. The van der Waals surface area contributed by atoms with E-state index >= 15 is 0 Å². The lowest BCUT2D eigenvalue weighted by Crippen LogP contribution is -2.41. The molecule has 4 aromatic rings. The monoisotopic (exact) mass is 448 g/mol. The molecule has 0 aliphatic carbocycles. The molecule has 0 aliphatic heterocycles. The molecule has 0 unspecified atom stereocenters. The van der Waals surface area contributed by atoms with E-state index in [1.807, 2.05) is 30.3 Å². The summed E-state index contributed by atoms with van der Waals surface area (Å²) in [6.07, 6.45) is 1.55. The molecule has 0 bridgehead atoms. The molecular weight excluding hydrogens is 427 g/mol. The van der Waals surface area contributed by atoms with Crippen LogP contribution in [0.15, 0.2) is 76.4 Å². The zero-order valence-electron chi connectivity index (χ0n) is 17.7. The molecule has 0 atom stereocenters. The average Bonchev–Trinajstić information content (AvgIpc) is 3.30. The van der Waals surface area contributed by atoms with E-state index in [1.165, 1.54) is 44.5 Å². The maximum Gasteiger partial charge on any atom is 0.330 e. The molecule has 2 aromatic heterocycles. The van der Waals surface area contributed by atoms with Crippen LogP contribution in [0, 0.1) is 5.82 Å². The number of halogens is 1. The van der Waals surface area contributed by atoms with Gasteiger partial charge < -0.3 is 5.73 Å². The van der Waals surface area contributed by atoms with Crippen molar-refractivity contribution in [2.75, 3.05) is 17.2 Å². The predicted octanol–water partition coefficient (Wildman–Crippen LogP) is 2.16. The van der Waals surface area contributed by atoms with Gasteiger partial charge in [0.1, 0.15) is 11.6 Å². The Morgan fingerprint density at radius 1 is 1.09 bits per heavy atom. The molecule has 33 heavy (non-hydrogen) atoms. The Morgan fingerprint density at radius 3 is 2.45 bits per heavy atom. The van der Waals surface area contributed by atoms with Gasteiger partial charge in [0.05, 0.1) is 12.2 Å². The number of hydrogen-bond acceptors (Lipinski definition) is 5. The first-order chi connectivity index (χ1) is 15.9.